The molecule has 7 heteroatoms. The van der Waals surface area contributed by atoms with Crippen molar-refractivity contribution in [3.8, 4) is 0 Å². The molecule has 0 radical (unpaired) electrons. The van der Waals surface area contributed by atoms with Crippen LogP contribution < -0.4 is 5.32 Å². The van der Waals surface area contributed by atoms with E-state index in [1.807, 2.05) is 6.92 Å². The van der Waals surface area contributed by atoms with Crippen molar-refractivity contribution < 1.29 is 0 Å². The molecule has 0 spiro atoms. The van der Waals surface area contributed by atoms with E-state index >= 15 is 0 Å². The average Bonchev–Trinajstić information content (AvgIpc) is 2.87. The van der Waals surface area contributed by atoms with E-state index in [9.17, 15) is 0 Å². The van der Waals surface area contributed by atoms with Gasteiger partial charge < -0.3 is 5.32 Å². The van der Waals surface area contributed by atoms with Crippen LogP contribution in [0.2, 0.25) is 0 Å². The van der Waals surface area contributed by atoms with Crippen molar-refractivity contribution in [1.29, 1.82) is 0 Å². The zero-order chi connectivity index (χ0) is 11.5. The first kappa shape index (κ1) is 11.0. The predicted octanol–water partition coefficient (Wildman–Crippen LogP) is 1.95. The maximum atomic E-state index is 4.39. The van der Waals surface area contributed by atoms with Gasteiger partial charge in [0.2, 0.25) is 5.13 Å². The molecule has 2 rings (SSSR count). The molecule has 0 bridgehead atoms. The second-order valence-electron chi connectivity index (χ2n) is 3.85. The molecule has 0 saturated carbocycles. The van der Waals surface area contributed by atoms with Crippen LogP contribution >= 0.6 is 11.5 Å². The van der Waals surface area contributed by atoms with E-state index < -0.39 is 0 Å². The minimum Gasteiger partial charge on any atom is -0.351 e. The molecule has 1 atom stereocenters. The third-order valence-corrected chi connectivity index (χ3v) is 2.80. The second-order valence-corrected chi connectivity index (χ2v) is 4.60. The summed E-state index contributed by atoms with van der Waals surface area (Å²) in [4.78, 5) is 8.48. The number of hydrogen-bond donors (Lipinski definition) is 2. The highest BCUT2D eigenvalue weighted by Crippen LogP contribution is 2.20. The molecule has 0 saturated heterocycles. The Hall–Kier alpha value is -1.50. The number of hydrogen-bond acceptors (Lipinski definition) is 6. The highest BCUT2D eigenvalue weighted by molar-refractivity contribution is 7.09. The van der Waals surface area contributed by atoms with Crippen LogP contribution in [0.4, 0.5) is 5.13 Å². The van der Waals surface area contributed by atoms with E-state index in [0.717, 1.165) is 16.8 Å². The molecule has 0 amide bonds. The van der Waals surface area contributed by atoms with Gasteiger partial charge in [-0.3, -0.25) is 5.10 Å². The van der Waals surface area contributed by atoms with Gasteiger partial charge in [0, 0.05) is 17.5 Å². The molecule has 2 aromatic rings. The molecule has 0 aromatic carbocycles. The van der Waals surface area contributed by atoms with E-state index in [0.29, 0.717) is 5.92 Å². The maximum Gasteiger partial charge on any atom is 0.203 e. The summed E-state index contributed by atoms with van der Waals surface area (Å²) >= 11 is 1.37. The summed E-state index contributed by atoms with van der Waals surface area (Å²) in [5.41, 5.74) is 0. The molecule has 6 nitrogen and oxygen atoms in total. The van der Waals surface area contributed by atoms with Gasteiger partial charge in [0.1, 0.15) is 18.0 Å². The zero-order valence-corrected chi connectivity index (χ0v) is 10.2. The lowest BCUT2D eigenvalue weighted by atomic mass is 10.2. The fourth-order valence-electron chi connectivity index (χ4n) is 1.21. The van der Waals surface area contributed by atoms with E-state index in [4.69, 9.17) is 0 Å². The number of rotatable bonds is 4. The Bertz CT molecular complexity index is 435. The topological polar surface area (TPSA) is 79.4 Å². The number of nitrogens with one attached hydrogen (secondary N) is 2. The Kier molecular flexibility index (Phi) is 3.14. The van der Waals surface area contributed by atoms with Gasteiger partial charge in [-0.1, -0.05) is 13.8 Å². The summed E-state index contributed by atoms with van der Waals surface area (Å²) < 4.78 is 4.27. The monoisotopic (exact) mass is 238 g/mol. The van der Waals surface area contributed by atoms with Crippen LogP contribution in [0.1, 0.15) is 44.4 Å². The molecule has 0 aliphatic carbocycles. The molecule has 16 heavy (non-hydrogen) atoms. The second kappa shape index (κ2) is 4.56. The fourth-order valence-corrected chi connectivity index (χ4v) is 2.00. The van der Waals surface area contributed by atoms with Gasteiger partial charge in [-0.25, -0.2) is 9.97 Å². The van der Waals surface area contributed by atoms with Gasteiger partial charge in [0.15, 0.2) is 0 Å². The highest BCUT2D eigenvalue weighted by Gasteiger charge is 2.12. The first-order valence-corrected chi connectivity index (χ1v) is 5.89. The highest BCUT2D eigenvalue weighted by atomic mass is 32.1. The SMILES string of the molecule is CC(C)c1nsc(NC(C)c2ncn[nH]2)n1. The lowest BCUT2D eigenvalue weighted by Crippen LogP contribution is -2.08. The fraction of sp³-hybridized carbons (Fsp3) is 0.556. The average molecular weight is 238 g/mol. The molecule has 0 aliphatic rings. The van der Waals surface area contributed by atoms with Crippen molar-refractivity contribution >= 4 is 16.7 Å². The lowest BCUT2D eigenvalue weighted by molar-refractivity contribution is 0.778. The Morgan fingerprint density at radius 1 is 1.38 bits per heavy atom. The van der Waals surface area contributed by atoms with Gasteiger partial charge in [-0.05, 0) is 6.92 Å². The van der Waals surface area contributed by atoms with Crippen LogP contribution in [-0.4, -0.2) is 24.5 Å². The third kappa shape index (κ3) is 2.35. The predicted molar refractivity (Wildman–Crippen MR) is 62.4 cm³/mol. The Balaban J connectivity index is 2.03. The summed E-state index contributed by atoms with van der Waals surface area (Å²) in [5, 5.41) is 10.7. The van der Waals surface area contributed by atoms with Crippen molar-refractivity contribution in [3.63, 3.8) is 0 Å². The normalized spacial score (nSPS) is 13.0. The maximum absolute atomic E-state index is 4.39. The molecule has 2 aromatic heterocycles. The van der Waals surface area contributed by atoms with Crippen LogP contribution in [0.5, 0.6) is 0 Å². The van der Waals surface area contributed by atoms with Gasteiger partial charge >= 0.3 is 0 Å². The minimum atomic E-state index is 0.0514. The smallest absolute Gasteiger partial charge is 0.203 e. The standard InChI is InChI=1S/C9H14N6S/c1-5(2)7-13-9(16-15-7)12-6(3)8-10-4-11-14-8/h4-6H,1-3H3,(H,10,11,14)(H,12,13,15). The lowest BCUT2D eigenvalue weighted by Gasteiger charge is -2.08. The molecule has 2 N–H and O–H groups in total. The molecule has 1 unspecified atom stereocenters. The van der Waals surface area contributed by atoms with Crippen molar-refractivity contribution in [1.82, 2.24) is 24.5 Å². The quantitative estimate of drug-likeness (QED) is 0.851. The number of aromatic nitrogens is 5. The molecular weight excluding hydrogens is 224 g/mol. The minimum absolute atomic E-state index is 0.0514. The first-order valence-electron chi connectivity index (χ1n) is 5.12. The van der Waals surface area contributed by atoms with Crippen LogP contribution in [0.25, 0.3) is 0 Å². The summed E-state index contributed by atoms with van der Waals surface area (Å²) in [6.07, 6.45) is 1.49. The van der Waals surface area contributed by atoms with Crippen LogP contribution in [0.15, 0.2) is 6.33 Å². The summed E-state index contributed by atoms with van der Waals surface area (Å²) in [7, 11) is 0. The number of nitrogens with zero attached hydrogens (tertiary/aromatic N) is 4. The Morgan fingerprint density at radius 3 is 2.75 bits per heavy atom. The van der Waals surface area contributed by atoms with E-state index in [1.54, 1.807) is 0 Å². The van der Waals surface area contributed by atoms with Crippen molar-refractivity contribution in [3.05, 3.63) is 18.0 Å². The summed E-state index contributed by atoms with van der Waals surface area (Å²) in [5.74, 6) is 2.02. The van der Waals surface area contributed by atoms with Crippen LogP contribution in [-0.2, 0) is 0 Å². The van der Waals surface area contributed by atoms with Crippen molar-refractivity contribution in [2.24, 2.45) is 0 Å². The number of H-pyrrole nitrogens is 1. The first-order chi connectivity index (χ1) is 7.66. The van der Waals surface area contributed by atoms with Crippen molar-refractivity contribution in [2.45, 2.75) is 32.7 Å². The van der Waals surface area contributed by atoms with Crippen molar-refractivity contribution in [2.75, 3.05) is 5.32 Å². The third-order valence-electron chi connectivity index (χ3n) is 2.14. The largest absolute Gasteiger partial charge is 0.351 e. The molecule has 0 aliphatic heterocycles. The molecule has 2 heterocycles. The van der Waals surface area contributed by atoms with Gasteiger partial charge in [-0.15, -0.1) is 0 Å². The number of anilines is 1. The van der Waals surface area contributed by atoms with E-state index in [1.165, 1.54) is 17.9 Å². The molecule has 86 valence electrons. The van der Waals surface area contributed by atoms with E-state index in [-0.39, 0.29) is 6.04 Å². The van der Waals surface area contributed by atoms with E-state index in [2.05, 4.69) is 43.7 Å². The Labute approximate surface area is 97.7 Å². The number of aromatic amines is 1. The zero-order valence-electron chi connectivity index (χ0n) is 9.43. The van der Waals surface area contributed by atoms with Gasteiger partial charge in [0.05, 0.1) is 6.04 Å². The molecule has 0 fully saturated rings. The molecular formula is C9H14N6S. The van der Waals surface area contributed by atoms with Gasteiger partial charge in [0.25, 0.3) is 0 Å². The Morgan fingerprint density at radius 2 is 2.19 bits per heavy atom. The van der Waals surface area contributed by atoms with Gasteiger partial charge in [-0.2, -0.15) is 9.47 Å². The summed E-state index contributed by atoms with van der Waals surface area (Å²) in [6.45, 7) is 6.15. The summed E-state index contributed by atoms with van der Waals surface area (Å²) in [6, 6.07) is 0.0514. The van der Waals surface area contributed by atoms with Crippen LogP contribution in [0, 0.1) is 0 Å². The van der Waals surface area contributed by atoms with Crippen LogP contribution in [0.3, 0.4) is 0 Å².